The quantitative estimate of drug-likeness (QED) is 0.662. The summed E-state index contributed by atoms with van der Waals surface area (Å²) in [4.78, 5) is 15.0. The zero-order chi connectivity index (χ0) is 20.0. The average molecular weight is 394 g/mol. The van der Waals surface area contributed by atoms with Gasteiger partial charge in [-0.05, 0) is 55.0 Å². The van der Waals surface area contributed by atoms with Crippen LogP contribution in [-0.2, 0) is 9.53 Å². The fraction of sp³-hybridized carbons (Fsp3) is 0.560. The van der Waals surface area contributed by atoms with E-state index in [4.69, 9.17) is 9.47 Å². The molecule has 1 aromatic rings. The molecule has 0 amide bonds. The standard InChI is InChI=1S/C25H31NO3/c1-3-4-7-20-19(14-11-17-9-12-18(28-2)13-10-17)21-16-23(27)29-25(21)22-8-5-6-15-26(22)24(20)25/h9-14,16,19-20,22,24H,3-8,15H2,1-2H3/b14-11+/t19?,20?,22-,24-,25?/m1/s1. The Hall–Kier alpha value is -2.07. The number of unbranched alkanes of at least 4 members (excludes halogenated alkanes) is 1. The fourth-order valence-electron chi connectivity index (χ4n) is 6.40. The number of hydrogen-bond donors (Lipinski definition) is 0. The smallest absolute Gasteiger partial charge is 0.331 e. The number of nitrogens with zero attached hydrogens (tertiary/aromatic N) is 1. The molecular formula is C25H31NO3. The zero-order valence-electron chi connectivity index (χ0n) is 17.5. The van der Waals surface area contributed by atoms with E-state index in [0.717, 1.165) is 24.3 Å². The molecule has 5 atom stereocenters. The van der Waals surface area contributed by atoms with Gasteiger partial charge in [-0.3, -0.25) is 4.90 Å². The lowest BCUT2D eigenvalue weighted by Gasteiger charge is -2.62. The van der Waals surface area contributed by atoms with Crippen LogP contribution in [0.2, 0.25) is 0 Å². The van der Waals surface area contributed by atoms with Gasteiger partial charge in [0.1, 0.15) is 5.75 Å². The van der Waals surface area contributed by atoms with Crippen LogP contribution in [-0.4, -0.2) is 42.2 Å². The normalized spacial score (nSPS) is 35.5. The second-order valence-electron chi connectivity index (χ2n) is 8.97. The van der Waals surface area contributed by atoms with Gasteiger partial charge in [0.15, 0.2) is 5.60 Å². The SMILES string of the molecule is CCCCC1C(/C=C/c2ccc(OC)cc2)C2=CC(=O)OC23[C@H]2CCCCN2[C@H]13. The number of carbonyl (C=O) groups is 1. The van der Waals surface area contributed by atoms with Gasteiger partial charge >= 0.3 is 5.97 Å². The van der Waals surface area contributed by atoms with Crippen molar-refractivity contribution in [3.8, 4) is 5.75 Å². The van der Waals surface area contributed by atoms with Gasteiger partial charge in [0.2, 0.25) is 0 Å². The molecule has 1 aromatic carbocycles. The molecule has 4 nitrogen and oxygen atoms in total. The van der Waals surface area contributed by atoms with Gasteiger partial charge in [-0.2, -0.15) is 0 Å². The Morgan fingerprint density at radius 1 is 1.28 bits per heavy atom. The molecule has 1 aliphatic carbocycles. The molecule has 2 saturated heterocycles. The molecule has 3 aliphatic heterocycles. The van der Waals surface area contributed by atoms with E-state index in [1.807, 2.05) is 18.2 Å². The molecule has 0 N–H and O–H groups in total. The molecule has 0 bridgehead atoms. The molecule has 0 aromatic heterocycles. The highest BCUT2D eigenvalue weighted by molar-refractivity contribution is 5.88. The minimum Gasteiger partial charge on any atom is -0.497 e. The molecule has 4 heteroatoms. The summed E-state index contributed by atoms with van der Waals surface area (Å²) in [5, 5.41) is 0. The van der Waals surface area contributed by atoms with Crippen molar-refractivity contribution in [1.29, 1.82) is 0 Å². The molecule has 29 heavy (non-hydrogen) atoms. The second-order valence-corrected chi connectivity index (χ2v) is 8.97. The number of carbonyl (C=O) groups excluding carboxylic acids is 1. The Balaban J connectivity index is 1.49. The number of benzene rings is 1. The van der Waals surface area contributed by atoms with Crippen molar-refractivity contribution in [3.63, 3.8) is 0 Å². The van der Waals surface area contributed by atoms with Gasteiger partial charge in [0, 0.05) is 12.0 Å². The highest BCUT2D eigenvalue weighted by Crippen LogP contribution is 2.63. The minimum absolute atomic E-state index is 0.132. The first-order valence-corrected chi connectivity index (χ1v) is 11.2. The van der Waals surface area contributed by atoms with E-state index >= 15 is 0 Å². The summed E-state index contributed by atoms with van der Waals surface area (Å²) < 4.78 is 11.4. The highest BCUT2D eigenvalue weighted by Gasteiger charge is 2.74. The largest absolute Gasteiger partial charge is 0.497 e. The molecule has 4 aliphatic rings. The van der Waals surface area contributed by atoms with Gasteiger partial charge in [-0.25, -0.2) is 4.79 Å². The summed E-state index contributed by atoms with van der Waals surface area (Å²) in [5.41, 5.74) is 2.07. The summed E-state index contributed by atoms with van der Waals surface area (Å²) in [6.45, 7) is 3.41. The van der Waals surface area contributed by atoms with Gasteiger partial charge in [-0.1, -0.05) is 50.5 Å². The van der Waals surface area contributed by atoms with Crippen LogP contribution in [0.5, 0.6) is 5.75 Å². The van der Waals surface area contributed by atoms with Crippen molar-refractivity contribution < 1.29 is 14.3 Å². The number of methoxy groups -OCH3 is 1. The first-order chi connectivity index (χ1) is 14.2. The lowest BCUT2D eigenvalue weighted by atomic mass is 9.69. The number of piperidine rings is 1. The van der Waals surface area contributed by atoms with Crippen LogP contribution < -0.4 is 4.74 Å². The number of rotatable bonds is 6. The fourth-order valence-corrected chi connectivity index (χ4v) is 6.40. The third-order valence-electron chi connectivity index (χ3n) is 7.56. The van der Waals surface area contributed by atoms with Crippen molar-refractivity contribution in [2.75, 3.05) is 13.7 Å². The van der Waals surface area contributed by atoms with E-state index < -0.39 is 0 Å². The monoisotopic (exact) mass is 393 g/mol. The average Bonchev–Trinajstić information content (AvgIpc) is 3.20. The van der Waals surface area contributed by atoms with Crippen LogP contribution in [0.4, 0.5) is 0 Å². The second kappa shape index (κ2) is 7.32. The van der Waals surface area contributed by atoms with Crippen molar-refractivity contribution in [2.24, 2.45) is 11.8 Å². The van der Waals surface area contributed by atoms with Crippen molar-refractivity contribution in [2.45, 2.75) is 63.1 Å². The molecule has 3 unspecified atom stereocenters. The summed E-state index contributed by atoms with van der Waals surface area (Å²) in [7, 11) is 1.69. The predicted molar refractivity (Wildman–Crippen MR) is 114 cm³/mol. The third-order valence-corrected chi connectivity index (χ3v) is 7.56. The molecule has 5 rings (SSSR count). The molecule has 154 valence electrons. The maximum Gasteiger partial charge on any atom is 0.331 e. The lowest BCUT2D eigenvalue weighted by molar-refractivity contribution is -0.209. The van der Waals surface area contributed by atoms with Crippen molar-refractivity contribution in [3.05, 3.63) is 47.6 Å². The van der Waals surface area contributed by atoms with Crippen LogP contribution in [0, 0.1) is 11.8 Å². The van der Waals surface area contributed by atoms with E-state index in [2.05, 4.69) is 36.1 Å². The Bertz CT molecular complexity index is 842. The Labute approximate surface area is 173 Å². The third kappa shape index (κ3) is 2.79. The van der Waals surface area contributed by atoms with Crippen LogP contribution in [0.1, 0.15) is 51.0 Å². The van der Waals surface area contributed by atoms with Crippen LogP contribution in [0.3, 0.4) is 0 Å². The van der Waals surface area contributed by atoms with Crippen LogP contribution >= 0.6 is 0 Å². The number of hydrogen-bond acceptors (Lipinski definition) is 4. The van der Waals surface area contributed by atoms with E-state index in [1.165, 1.54) is 37.7 Å². The van der Waals surface area contributed by atoms with E-state index in [0.29, 0.717) is 18.0 Å². The molecular weight excluding hydrogens is 362 g/mol. The zero-order valence-corrected chi connectivity index (χ0v) is 17.5. The van der Waals surface area contributed by atoms with E-state index in [-0.39, 0.29) is 17.5 Å². The van der Waals surface area contributed by atoms with Crippen molar-refractivity contribution in [1.82, 2.24) is 4.90 Å². The molecule has 3 fully saturated rings. The Kier molecular flexibility index (Phi) is 4.78. The Morgan fingerprint density at radius 3 is 2.86 bits per heavy atom. The molecule has 1 saturated carbocycles. The maximum atomic E-state index is 12.4. The highest BCUT2D eigenvalue weighted by atomic mass is 16.6. The molecule has 3 heterocycles. The number of fused-ring (bicyclic) bond motifs is 2. The van der Waals surface area contributed by atoms with E-state index in [1.54, 1.807) is 7.11 Å². The Morgan fingerprint density at radius 2 is 2.10 bits per heavy atom. The van der Waals surface area contributed by atoms with Crippen LogP contribution in [0.25, 0.3) is 6.08 Å². The number of allylic oxidation sites excluding steroid dienone is 1. The van der Waals surface area contributed by atoms with Gasteiger partial charge in [-0.15, -0.1) is 0 Å². The first kappa shape index (κ1) is 18.9. The minimum atomic E-state index is -0.342. The maximum absolute atomic E-state index is 12.4. The van der Waals surface area contributed by atoms with Crippen molar-refractivity contribution >= 4 is 12.0 Å². The molecule has 1 spiro atoms. The molecule has 0 radical (unpaired) electrons. The van der Waals surface area contributed by atoms with Gasteiger partial charge in [0.25, 0.3) is 0 Å². The topological polar surface area (TPSA) is 38.8 Å². The van der Waals surface area contributed by atoms with Crippen LogP contribution in [0.15, 0.2) is 42.0 Å². The van der Waals surface area contributed by atoms with E-state index in [9.17, 15) is 4.79 Å². The summed E-state index contributed by atoms with van der Waals surface area (Å²) in [6.07, 6.45) is 13.7. The number of ether oxygens (including phenoxy) is 2. The summed E-state index contributed by atoms with van der Waals surface area (Å²) in [6, 6.07) is 8.92. The summed E-state index contributed by atoms with van der Waals surface area (Å²) >= 11 is 0. The van der Waals surface area contributed by atoms with Gasteiger partial charge < -0.3 is 9.47 Å². The number of esters is 1. The predicted octanol–water partition coefficient (Wildman–Crippen LogP) is 4.60. The lowest BCUT2D eigenvalue weighted by Crippen LogP contribution is -2.77. The first-order valence-electron chi connectivity index (χ1n) is 11.2. The van der Waals surface area contributed by atoms with Gasteiger partial charge in [0.05, 0.1) is 19.2 Å². The summed E-state index contributed by atoms with van der Waals surface area (Å²) in [5.74, 6) is 1.55.